The summed E-state index contributed by atoms with van der Waals surface area (Å²) < 4.78 is 6.04. The minimum atomic E-state index is -0.106. The number of nitrogens with one attached hydrogen (secondary N) is 1. The molecule has 4 nitrogen and oxygen atoms in total. The highest BCUT2D eigenvalue weighted by Gasteiger charge is 2.30. The molecule has 0 aromatic carbocycles. The number of aliphatic imine (C=N–C) groups is 1. The zero-order chi connectivity index (χ0) is 12.8. The molecular formula is C11H16Br2N2O2. The van der Waals surface area contributed by atoms with E-state index in [-0.39, 0.29) is 5.78 Å². The van der Waals surface area contributed by atoms with Crippen molar-refractivity contribution in [2.24, 2.45) is 10.9 Å². The lowest BCUT2D eigenvalue weighted by atomic mass is 10.2. The van der Waals surface area contributed by atoms with Crippen LogP contribution in [0.25, 0.3) is 0 Å². The van der Waals surface area contributed by atoms with Crippen LogP contribution in [-0.4, -0.2) is 30.2 Å². The van der Waals surface area contributed by atoms with Gasteiger partial charge in [0.1, 0.15) is 9.23 Å². The average molecular weight is 368 g/mol. The van der Waals surface area contributed by atoms with Gasteiger partial charge in [-0.2, -0.15) is 0 Å². The zero-order valence-electron chi connectivity index (χ0n) is 9.87. The zero-order valence-corrected chi connectivity index (χ0v) is 13.0. The van der Waals surface area contributed by atoms with Gasteiger partial charge < -0.3 is 10.1 Å². The molecule has 17 heavy (non-hydrogen) atoms. The Labute approximate surface area is 118 Å². The molecule has 0 heterocycles. The maximum Gasteiger partial charge on any atom is 0.185 e. The fourth-order valence-electron chi connectivity index (χ4n) is 1.38. The van der Waals surface area contributed by atoms with Gasteiger partial charge in [0.05, 0.1) is 12.6 Å². The second kappa shape index (κ2) is 7.28. The first-order valence-electron chi connectivity index (χ1n) is 5.40. The van der Waals surface area contributed by atoms with Crippen LogP contribution in [0.4, 0.5) is 0 Å². The van der Waals surface area contributed by atoms with Crippen molar-refractivity contribution in [2.75, 3.05) is 13.7 Å². The Bertz CT molecular complexity index is 338. The Morgan fingerprint density at radius 2 is 2.24 bits per heavy atom. The molecule has 0 aliphatic heterocycles. The molecule has 6 heteroatoms. The lowest BCUT2D eigenvalue weighted by Gasteiger charge is -2.15. The molecule has 1 aliphatic carbocycles. The number of methoxy groups -OCH3 is 1. The molecule has 1 N–H and O–H groups in total. The lowest BCUT2D eigenvalue weighted by Crippen LogP contribution is -2.31. The van der Waals surface area contributed by atoms with E-state index >= 15 is 0 Å². The Kier molecular flexibility index (Phi) is 6.37. The van der Waals surface area contributed by atoms with Crippen LogP contribution in [0.15, 0.2) is 15.8 Å². The predicted octanol–water partition coefficient (Wildman–Crippen LogP) is 2.58. The fourth-order valence-corrected chi connectivity index (χ4v) is 2.12. The van der Waals surface area contributed by atoms with Gasteiger partial charge in [-0.1, -0.05) is 0 Å². The SMILES string of the molecule is COC[C@@H](N/C=C(/Br)N=C(Br)C(C)=O)C1CC1. The van der Waals surface area contributed by atoms with Gasteiger partial charge in [-0.3, -0.25) is 4.79 Å². The quantitative estimate of drug-likeness (QED) is 0.555. The Balaban J connectivity index is 2.50. The van der Waals surface area contributed by atoms with E-state index in [9.17, 15) is 4.79 Å². The van der Waals surface area contributed by atoms with Crippen molar-refractivity contribution in [2.45, 2.75) is 25.8 Å². The normalized spacial score (nSPS) is 19.1. The number of rotatable bonds is 7. The van der Waals surface area contributed by atoms with Gasteiger partial charge in [0.15, 0.2) is 5.78 Å². The van der Waals surface area contributed by atoms with Gasteiger partial charge in [0, 0.05) is 20.2 Å². The smallest absolute Gasteiger partial charge is 0.185 e. The van der Waals surface area contributed by atoms with Gasteiger partial charge in [0.25, 0.3) is 0 Å². The number of hydrogen-bond acceptors (Lipinski definition) is 4. The van der Waals surface area contributed by atoms with Crippen molar-refractivity contribution < 1.29 is 9.53 Å². The first-order chi connectivity index (χ1) is 8.04. The highest BCUT2D eigenvalue weighted by Crippen LogP contribution is 2.32. The van der Waals surface area contributed by atoms with Gasteiger partial charge in [-0.15, -0.1) is 0 Å². The summed E-state index contributed by atoms with van der Waals surface area (Å²) in [6.45, 7) is 2.14. The number of carbonyl (C=O) groups is 1. The third-order valence-corrected chi connectivity index (χ3v) is 3.59. The summed E-state index contributed by atoms with van der Waals surface area (Å²) >= 11 is 6.38. The van der Waals surface area contributed by atoms with E-state index < -0.39 is 0 Å². The van der Waals surface area contributed by atoms with Crippen molar-refractivity contribution >= 4 is 42.3 Å². The van der Waals surface area contributed by atoms with Gasteiger partial charge >= 0.3 is 0 Å². The Morgan fingerprint density at radius 1 is 1.59 bits per heavy atom. The highest BCUT2D eigenvalue weighted by molar-refractivity contribution is 9.19. The van der Waals surface area contributed by atoms with Crippen LogP contribution in [0.1, 0.15) is 19.8 Å². The molecule has 0 aromatic heterocycles. The van der Waals surface area contributed by atoms with E-state index in [0.717, 1.165) is 0 Å². The molecule has 0 bridgehead atoms. The Hall–Kier alpha value is -0.200. The summed E-state index contributed by atoms with van der Waals surface area (Å²) in [6, 6.07) is 0.318. The predicted molar refractivity (Wildman–Crippen MR) is 75.6 cm³/mol. The molecule has 1 saturated carbocycles. The number of halogens is 2. The minimum absolute atomic E-state index is 0.106. The first-order valence-corrected chi connectivity index (χ1v) is 6.99. The molecule has 1 atom stereocenters. The minimum Gasteiger partial charge on any atom is -0.383 e. The van der Waals surface area contributed by atoms with Gasteiger partial charge in [-0.25, -0.2) is 4.99 Å². The van der Waals surface area contributed by atoms with Crippen LogP contribution in [0, 0.1) is 5.92 Å². The van der Waals surface area contributed by atoms with Gasteiger partial charge in [0.2, 0.25) is 0 Å². The van der Waals surface area contributed by atoms with Crippen LogP contribution >= 0.6 is 31.9 Å². The maximum atomic E-state index is 11.0. The number of carbonyl (C=O) groups excluding carboxylic acids is 1. The molecular weight excluding hydrogens is 352 g/mol. The van der Waals surface area contributed by atoms with E-state index in [1.165, 1.54) is 19.8 Å². The van der Waals surface area contributed by atoms with E-state index in [1.807, 2.05) is 0 Å². The standard InChI is InChI=1S/C11H16Br2N2O2/c1-7(16)11(13)15-10(12)5-14-9(6-17-2)8-3-4-8/h5,8-9,14H,3-4,6H2,1-2H3/b10-5-,15-11?/t9-/m1/s1. The van der Waals surface area contributed by atoms with Crippen LogP contribution in [-0.2, 0) is 9.53 Å². The van der Waals surface area contributed by atoms with Crippen LogP contribution < -0.4 is 5.32 Å². The summed E-state index contributed by atoms with van der Waals surface area (Å²) in [6.07, 6.45) is 4.24. The number of hydrogen-bond donors (Lipinski definition) is 1. The summed E-state index contributed by atoms with van der Waals surface area (Å²) in [5.74, 6) is 0.581. The third kappa shape index (κ3) is 5.79. The van der Waals surface area contributed by atoms with E-state index in [2.05, 4.69) is 42.2 Å². The molecule has 1 rings (SSSR count). The molecule has 1 aliphatic rings. The first kappa shape index (κ1) is 14.9. The van der Waals surface area contributed by atoms with Crippen LogP contribution in [0.2, 0.25) is 0 Å². The van der Waals surface area contributed by atoms with E-state index in [4.69, 9.17) is 4.74 Å². The molecule has 0 spiro atoms. The topological polar surface area (TPSA) is 50.7 Å². The number of nitrogens with zero attached hydrogens (tertiary/aromatic N) is 1. The third-order valence-electron chi connectivity index (χ3n) is 2.45. The van der Waals surface area contributed by atoms with Crippen molar-refractivity contribution in [3.63, 3.8) is 0 Å². The summed E-state index contributed by atoms with van der Waals surface area (Å²) in [7, 11) is 1.69. The van der Waals surface area contributed by atoms with Crippen molar-refractivity contribution in [1.29, 1.82) is 0 Å². The fraction of sp³-hybridized carbons (Fsp3) is 0.636. The van der Waals surface area contributed by atoms with E-state index in [0.29, 0.717) is 27.8 Å². The molecule has 0 unspecified atom stereocenters. The second-order valence-electron chi connectivity index (χ2n) is 3.99. The van der Waals surface area contributed by atoms with Crippen molar-refractivity contribution in [3.05, 3.63) is 10.8 Å². The van der Waals surface area contributed by atoms with Crippen LogP contribution in [0.5, 0.6) is 0 Å². The molecule has 0 aromatic rings. The molecule has 96 valence electrons. The molecule has 0 amide bonds. The van der Waals surface area contributed by atoms with Crippen LogP contribution in [0.3, 0.4) is 0 Å². The Morgan fingerprint density at radius 3 is 2.71 bits per heavy atom. The molecule has 0 saturated heterocycles. The monoisotopic (exact) mass is 366 g/mol. The summed E-state index contributed by atoms with van der Waals surface area (Å²) in [4.78, 5) is 15.0. The number of ether oxygens (including phenoxy) is 1. The largest absolute Gasteiger partial charge is 0.383 e. The molecule has 0 radical (unpaired) electrons. The summed E-state index contributed by atoms with van der Waals surface area (Å²) in [5.41, 5.74) is 0. The molecule has 1 fully saturated rings. The van der Waals surface area contributed by atoms with Gasteiger partial charge in [-0.05, 0) is 50.6 Å². The average Bonchev–Trinajstić information content (AvgIpc) is 3.07. The lowest BCUT2D eigenvalue weighted by molar-refractivity contribution is -0.110. The van der Waals surface area contributed by atoms with Crippen molar-refractivity contribution in [1.82, 2.24) is 5.32 Å². The number of ketones is 1. The highest BCUT2D eigenvalue weighted by atomic mass is 79.9. The summed E-state index contributed by atoms with van der Waals surface area (Å²) in [5, 5.41) is 3.25. The van der Waals surface area contributed by atoms with E-state index in [1.54, 1.807) is 13.3 Å². The number of Topliss-reactive ketones (excluding diaryl/α,β-unsaturated/α-hetero) is 1. The van der Waals surface area contributed by atoms with Crippen molar-refractivity contribution in [3.8, 4) is 0 Å². The second-order valence-corrected chi connectivity index (χ2v) is 5.56. The maximum absolute atomic E-state index is 11.0.